The third-order valence-electron chi connectivity index (χ3n) is 2.89. The van der Waals surface area contributed by atoms with Crippen LogP contribution in [0.25, 0.3) is 21.9 Å². The van der Waals surface area contributed by atoms with Gasteiger partial charge in [-0.2, -0.15) is 0 Å². The Balaban J connectivity index is 2.69. The Morgan fingerprint density at radius 1 is 0.588 bits per heavy atom. The van der Waals surface area contributed by atoms with Gasteiger partial charge in [0.05, 0.1) is 22.1 Å². The van der Waals surface area contributed by atoms with Gasteiger partial charge in [0, 0.05) is 11.4 Å². The summed E-state index contributed by atoms with van der Waals surface area (Å²) in [5.41, 5.74) is 26.8. The zero-order chi connectivity index (χ0) is 12.2. The molecule has 0 radical (unpaired) electrons. The standard InChI is InChI=1S/C12H12N4O/c13-5-1-3-7(15)11-9(5)10-6(14)2-4-8(16)12(10)17-11/h1-4H,13-16H2. The molecular formula is C12H12N4O. The normalized spacial score (nSPS) is 11.3. The molecule has 0 saturated heterocycles. The number of benzene rings is 2. The maximum absolute atomic E-state index is 5.94. The number of rotatable bonds is 0. The molecule has 0 amide bonds. The Hall–Kier alpha value is -2.56. The predicted molar refractivity (Wildman–Crippen MR) is 71.4 cm³/mol. The quantitative estimate of drug-likeness (QED) is 0.438. The molecule has 0 aliphatic carbocycles. The van der Waals surface area contributed by atoms with Crippen LogP contribution in [0.5, 0.6) is 0 Å². The summed E-state index contributed by atoms with van der Waals surface area (Å²) in [6.07, 6.45) is 0. The number of anilines is 4. The van der Waals surface area contributed by atoms with Crippen LogP contribution in [0.2, 0.25) is 0 Å². The lowest BCUT2D eigenvalue weighted by Gasteiger charge is -2.00. The summed E-state index contributed by atoms with van der Waals surface area (Å²) < 4.78 is 5.67. The number of nitrogens with two attached hydrogens (primary N) is 4. The molecular weight excluding hydrogens is 216 g/mol. The van der Waals surface area contributed by atoms with E-state index in [2.05, 4.69) is 0 Å². The Morgan fingerprint density at radius 3 is 1.35 bits per heavy atom. The molecule has 5 nitrogen and oxygen atoms in total. The van der Waals surface area contributed by atoms with E-state index in [-0.39, 0.29) is 0 Å². The monoisotopic (exact) mass is 228 g/mol. The zero-order valence-electron chi connectivity index (χ0n) is 9.03. The predicted octanol–water partition coefficient (Wildman–Crippen LogP) is 1.91. The average molecular weight is 228 g/mol. The molecule has 8 N–H and O–H groups in total. The molecule has 0 aliphatic rings. The minimum absolute atomic E-state index is 0.518. The van der Waals surface area contributed by atoms with Crippen molar-refractivity contribution in [2.24, 2.45) is 0 Å². The van der Waals surface area contributed by atoms with Crippen molar-refractivity contribution in [2.45, 2.75) is 0 Å². The Bertz CT molecular complexity index is 683. The van der Waals surface area contributed by atoms with Crippen molar-refractivity contribution in [1.82, 2.24) is 0 Å². The highest BCUT2D eigenvalue weighted by Gasteiger charge is 2.16. The fourth-order valence-corrected chi connectivity index (χ4v) is 2.07. The molecule has 0 fully saturated rings. The van der Waals surface area contributed by atoms with Crippen LogP contribution in [0.4, 0.5) is 22.7 Å². The molecule has 86 valence electrons. The van der Waals surface area contributed by atoms with Crippen molar-refractivity contribution in [3.8, 4) is 0 Å². The molecule has 1 aromatic heterocycles. The van der Waals surface area contributed by atoms with Crippen LogP contribution in [-0.2, 0) is 0 Å². The lowest BCUT2D eigenvalue weighted by Crippen LogP contribution is -1.92. The fourth-order valence-electron chi connectivity index (χ4n) is 2.07. The first kappa shape index (κ1) is 9.65. The van der Waals surface area contributed by atoms with Gasteiger partial charge in [-0.15, -0.1) is 0 Å². The first-order valence-electron chi connectivity index (χ1n) is 5.13. The molecule has 0 aliphatic heterocycles. The minimum atomic E-state index is 0.518. The molecule has 0 atom stereocenters. The second kappa shape index (κ2) is 2.98. The molecule has 0 saturated carbocycles. The number of fused-ring (bicyclic) bond motifs is 3. The summed E-state index contributed by atoms with van der Waals surface area (Å²) in [6, 6.07) is 6.86. The number of hydrogen-bond acceptors (Lipinski definition) is 5. The summed E-state index contributed by atoms with van der Waals surface area (Å²) in [5, 5.41) is 1.45. The van der Waals surface area contributed by atoms with E-state index in [0.29, 0.717) is 33.9 Å². The molecule has 0 unspecified atom stereocenters. The van der Waals surface area contributed by atoms with Crippen LogP contribution < -0.4 is 22.9 Å². The van der Waals surface area contributed by atoms with E-state index in [1.54, 1.807) is 24.3 Å². The van der Waals surface area contributed by atoms with Gasteiger partial charge >= 0.3 is 0 Å². The first-order chi connectivity index (χ1) is 8.09. The van der Waals surface area contributed by atoms with Crippen LogP contribution in [0.1, 0.15) is 0 Å². The second-order valence-corrected chi connectivity index (χ2v) is 4.00. The molecule has 5 heteroatoms. The molecule has 17 heavy (non-hydrogen) atoms. The number of hydrogen-bond donors (Lipinski definition) is 4. The average Bonchev–Trinajstić information content (AvgIpc) is 2.71. The van der Waals surface area contributed by atoms with Crippen molar-refractivity contribution in [3.05, 3.63) is 24.3 Å². The third-order valence-corrected chi connectivity index (χ3v) is 2.89. The van der Waals surface area contributed by atoms with Crippen LogP contribution in [0, 0.1) is 0 Å². The third kappa shape index (κ3) is 1.13. The Morgan fingerprint density at radius 2 is 0.941 bits per heavy atom. The highest BCUT2D eigenvalue weighted by atomic mass is 16.3. The Kier molecular flexibility index (Phi) is 1.69. The Labute approximate surface area is 96.9 Å². The summed E-state index contributed by atoms with van der Waals surface area (Å²) in [6.45, 7) is 0. The largest absolute Gasteiger partial charge is 0.452 e. The maximum Gasteiger partial charge on any atom is 0.160 e. The van der Waals surface area contributed by atoms with Gasteiger partial charge in [0.2, 0.25) is 0 Å². The van der Waals surface area contributed by atoms with Gasteiger partial charge in [0.25, 0.3) is 0 Å². The van der Waals surface area contributed by atoms with Gasteiger partial charge in [0.15, 0.2) is 11.2 Å². The van der Waals surface area contributed by atoms with Crippen LogP contribution in [0.15, 0.2) is 28.7 Å². The van der Waals surface area contributed by atoms with Gasteiger partial charge in [0.1, 0.15) is 0 Å². The minimum Gasteiger partial charge on any atom is -0.452 e. The zero-order valence-corrected chi connectivity index (χ0v) is 9.03. The molecule has 0 bridgehead atoms. The first-order valence-corrected chi connectivity index (χ1v) is 5.13. The summed E-state index contributed by atoms with van der Waals surface area (Å²) in [5.74, 6) is 0. The highest BCUT2D eigenvalue weighted by Crippen LogP contribution is 2.40. The van der Waals surface area contributed by atoms with Crippen molar-refractivity contribution in [2.75, 3.05) is 22.9 Å². The molecule has 3 rings (SSSR count). The molecule has 1 heterocycles. The van der Waals surface area contributed by atoms with Crippen LogP contribution >= 0.6 is 0 Å². The van der Waals surface area contributed by atoms with Crippen molar-refractivity contribution < 1.29 is 4.42 Å². The van der Waals surface area contributed by atoms with Crippen molar-refractivity contribution in [3.63, 3.8) is 0 Å². The fraction of sp³-hybridized carbons (Fsp3) is 0. The maximum atomic E-state index is 5.94. The highest BCUT2D eigenvalue weighted by molar-refractivity contribution is 6.20. The van der Waals surface area contributed by atoms with Gasteiger partial charge in [-0.05, 0) is 24.3 Å². The number of nitrogen functional groups attached to an aromatic ring is 4. The van der Waals surface area contributed by atoms with E-state index < -0.39 is 0 Å². The van der Waals surface area contributed by atoms with Gasteiger partial charge < -0.3 is 27.4 Å². The van der Waals surface area contributed by atoms with Gasteiger partial charge in [-0.3, -0.25) is 0 Å². The van der Waals surface area contributed by atoms with Gasteiger partial charge in [-0.25, -0.2) is 0 Å². The van der Waals surface area contributed by atoms with E-state index in [0.717, 1.165) is 10.8 Å². The van der Waals surface area contributed by atoms with Gasteiger partial charge in [-0.1, -0.05) is 0 Å². The summed E-state index contributed by atoms with van der Waals surface area (Å²) >= 11 is 0. The van der Waals surface area contributed by atoms with Crippen LogP contribution in [0.3, 0.4) is 0 Å². The lowest BCUT2D eigenvalue weighted by atomic mass is 10.1. The summed E-state index contributed by atoms with van der Waals surface area (Å²) in [7, 11) is 0. The van der Waals surface area contributed by atoms with E-state index in [1.165, 1.54) is 0 Å². The molecule has 2 aromatic carbocycles. The second-order valence-electron chi connectivity index (χ2n) is 4.00. The van der Waals surface area contributed by atoms with E-state index in [9.17, 15) is 0 Å². The molecule has 3 aromatic rings. The van der Waals surface area contributed by atoms with E-state index in [4.69, 9.17) is 27.4 Å². The lowest BCUT2D eigenvalue weighted by molar-refractivity contribution is 0.672. The number of furan rings is 1. The molecule has 0 spiro atoms. The summed E-state index contributed by atoms with van der Waals surface area (Å²) in [4.78, 5) is 0. The van der Waals surface area contributed by atoms with E-state index in [1.807, 2.05) is 0 Å². The SMILES string of the molecule is Nc1ccc(N)c2c1oc1c(N)ccc(N)c12. The van der Waals surface area contributed by atoms with Crippen molar-refractivity contribution in [1.29, 1.82) is 0 Å². The smallest absolute Gasteiger partial charge is 0.160 e. The topological polar surface area (TPSA) is 117 Å². The van der Waals surface area contributed by atoms with Crippen LogP contribution in [-0.4, -0.2) is 0 Å². The van der Waals surface area contributed by atoms with E-state index >= 15 is 0 Å². The van der Waals surface area contributed by atoms with Crippen molar-refractivity contribution >= 4 is 44.7 Å².